The first-order chi connectivity index (χ1) is 9.15. The second kappa shape index (κ2) is 4.57. The molecule has 0 radical (unpaired) electrons. The molecule has 0 atom stereocenters. The molecule has 1 aromatic rings. The SMILES string of the molecule is Cc1cccc(NC2=NC(N)=NC3(CCCC3)N2)c1. The van der Waals surface area contributed by atoms with Gasteiger partial charge in [0.05, 0.1) is 0 Å². The summed E-state index contributed by atoms with van der Waals surface area (Å²) >= 11 is 0. The van der Waals surface area contributed by atoms with Crippen LogP contribution >= 0.6 is 0 Å². The van der Waals surface area contributed by atoms with Crippen LogP contribution in [-0.2, 0) is 0 Å². The van der Waals surface area contributed by atoms with E-state index >= 15 is 0 Å². The Hall–Kier alpha value is -2.04. The van der Waals surface area contributed by atoms with Crippen LogP contribution in [0.4, 0.5) is 5.69 Å². The quantitative estimate of drug-likeness (QED) is 0.720. The highest BCUT2D eigenvalue weighted by atomic mass is 15.3. The first kappa shape index (κ1) is 12.0. The smallest absolute Gasteiger partial charge is 0.220 e. The molecule has 0 bridgehead atoms. The average molecular weight is 257 g/mol. The minimum atomic E-state index is -0.238. The number of guanidine groups is 2. The summed E-state index contributed by atoms with van der Waals surface area (Å²) in [6, 6.07) is 8.17. The molecule has 5 heteroatoms. The number of hydrogen-bond acceptors (Lipinski definition) is 5. The van der Waals surface area contributed by atoms with Gasteiger partial charge in [0.2, 0.25) is 11.9 Å². The molecule has 1 fully saturated rings. The Morgan fingerprint density at radius 2 is 2.11 bits per heavy atom. The van der Waals surface area contributed by atoms with E-state index in [-0.39, 0.29) is 5.66 Å². The molecule has 0 aromatic heterocycles. The molecule has 2 aliphatic rings. The van der Waals surface area contributed by atoms with Crippen LogP contribution in [0.5, 0.6) is 0 Å². The molecule has 1 aliphatic carbocycles. The number of hydrogen-bond donors (Lipinski definition) is 3. The highest BCUT2D eigenvalue weighted by Crippen LogP contribution is 2.32. The zero-order chi connectivity index (χ0) is 13.3. The lowest BCUT2D eigenvalue weighted by Crippen LogP contribution is -2.51. The van der Waals surface area contributed by atoms with Gasteiger partial charge in [0, 0.05) is 5.69 Å². The number of benzene rings is 1. The van der Waals surface area contributed by atoms with Crippen LogP contribution in [0.25, 0.3) is 0 Å². The minimum absolute atomic E-state index is 0.238. The van der Waals surface area contributed by atoms with Crippen molar-refractivity contribution in [1.82, 2.24) is 5.32 Å². The Kier molecular flexibility index (Phi) is 2.89. The Balaban J connectivity index is 1.80. The molecule has 0 unspecified atom stereocenters. The molecule has 1 saturated carbocycles. The maximum absolute atomic E-state index is 5.85. The Morgan fingerprint density at radius 3 is 2.84 bits per heavy atom. The number of anilines is 1. The Bertz CT molecular complexity index is 541. The summed E-state index contributed by atoms with van der Waals surface area (Å²) in [5, 5.41) is 6.68. The molecule has 1 spiro atoms. The van der Waals surface area contributed by atoms with Crippen molar-refractivity contribution in [1.29, 1.82) is 0 Å². The largest absolute Gasteiger partial charge is 0.368 e. The summed E-state index contributed by atoms with van der Waals surface area (Å²) in [6.45, 7) is 2.07. The van der Waals surface area contributed by atoms with Crippen LogP contribution in [0.15, 0.2) is 34.3 Å². The van der Waals surface area contributed by atoms with E-state index in [4.69, 9.17) is 5.73 Å². The van der Waals surface area contributed by atoms with Gasteiger partial charge in [-0.05, 0) is 50.3 Å². The van der Waals surface area contributed by atoms with Crippen LogP contribution in [0.1, 0.15) is 31.2 Å². The molecular formula is C14H19N5. The summed E-state index contributed by atoms with van der Waals surface area (Å²) in [5.41, 5.74) is 7.82. The highest BCUT2D eigenvalue weighted by Gasteiger charge is 2.36. The molecule has 1 aliphatic heterocycles. The van der Waals surface area contributed by atoms with E-state index in [0.29, 0.717) is 11.9 Å². The zero-order valence-electron chi connectivity index (χ0n) is 11.1. The fourth-order valence-electron chi connectivity index (χ4n) is 2.75. The first-order valence-corrected chi connectivity index (χ1v) is 6.71. The number of nitrogens with two attached hydrogens (primary N) is 1. The minimum Gasteiger partial charge on any atom is -0.368 e. The summed E-state index contributed by atoms with van der Waals surface area (Å²) in [4.78, 5) is 8.73. The number of aliphatic imine (C=N–C) groups is 2. The van der Waals surface area contributed by atoms with Crippen molar-refractivity contribution < 1.29 is 0 Å². The van der Waals surface area contributed by atoms with Crippen molar-refractivity contribution in [2.24, 2.45) is 15.7 Å². The summed E-state index contributed by atoms with van der Waals surface area (Å²) in [7, 11) is 0. The van der Waals surface area contributed by atoms with Crippen LogP contribution in [0, 0.1) is 6.92 Å². The van der Waals surface area contributed by atoms with Crippen LogP contribution in [0.2, 0.25) is 0 Å². The van der Waals surface area contributed by atoms with Crippen molar-refractivity contribution in [3.8, 4) is 0 Å². The highest BCUT2D eigenvalue weighted by molar-refractivity contribution is 6.03. The molecule has 3 rings (SSSR count). The van der Waals surface area contributed by atoms with E-state index in [1.165, 1.54) is 18.4 Å². The van der Waals surface area contributed by atoms with Crippen molar-refractivity contribution in [2.45, 2.75) is 38.3 Å². The lowest BCUT2D eigenvalue weighted by molar-refractivity contribution is 0.404. The average Bonchev–Trinajstić information content (AvgIpc) is 2.75. The van der Waals surface area contributed by atoms with Gasteiger partial charge in [-0.25, -0.2) is 4.99 Å². The first-order valence-electron chi connectivity index (χ1n) is 6.71. The third-order valence-corrected chi connectivity index (χ3v) is 3.62. The lowest BCUT2D eigenvalue weighted by Gasteiger charge is -2.31. The van der Waals surface area contributed by atoms with Gasteiger partial charge in [-0.1, -0.05) is 12.1 Å². The van der Waals surface area contributed by atoms with Crippen molar-refractivity contribution in [3.05, 3.63) is 29.8 Å². The van der Waals surface area contributed by atoms with Gasteiger partial charge < -0.3 is 16.4 Å². The fourth-order valence-corrected chi connectivity index (χ4v) is 2.75. The molecule has 1 heterocycles. The topological polar surface area (TPSA) is 74.8 Å². The molecule has 4 N–H and O–H groups in total. The van der Waals surface area contributed by atoms with E-state index < -0.39 is 0 Å². The van der Waals surface area contributed by atoms with Gasteiger partial charge in [-0.3, -0.25) is 0 Å². The van der Waals surface area contributed by atoms with Crippen molar-refractivity contribution in [3.63, 3.8) is 0 Å². The molecule has 19 heavy (non-hydrogen) atoms. The van der Waals surface area contributed by atoms with Crippen molar-refractivity contribution >= 4 is 17.6 Å². The zero-order valence-corrected chi connectivity index (χ0v) is 11.1. The molecule has 0 amide bonds. The van der Waals surface area contributed by atoms with Crippen LogP contribution < -0.4 is 16.4 Å². The van der Waals surface area contributed by atoms with Gasteiger partial charge in [0.25, 0.3) is 0 Å². The Morgan fingerprint density at radius 1 is 1.32 bits per heavy atom. The summed E-state index contributed by atoms with van der Waals surface area (Å²) in [5.74, 6) is 1.05. The number of nitrogens with zero attached hydrogens (tertiary/aromatic N) is 2. The van der Waals surface area contributed by atoms with Gasteiger partial charge in [-0.15, -0.1) is 0 Å². The van der Waals surface area contributed by atoms with Crippen molar-refractivity contribution in [2.75, 3.05) is 5.32 Å². The number of rotatable bonds is 1. The predicted octanol–water partition coefficient (Wildman–Crippen LogP) is 1.95. The molecular weight excluding hydrogens is 238 g/mol. The maximum atomic E-state index is 5.85. The Labute approximate surface area is 113 Å². The van der Waals surface area contributed by atoms with E-state index in [0.717, 1.165) is 18.5 Å². The van der Waals surface area contributed by atoms with E-state index in [9.17, 15) is 0 Å². The summed E-state index contributed by atoms with van der Waals surface area (Å²) in [6.07, 6.45) is 4.40. The standard InChI is InChI=1S/C14H19N5/c1-10-5-4-6-11(9-10)16-13-17-12(15)18-14(19-13)7-2-3-8-14/h4-6,9H,2-3,7-8H2,1H3,(H4,15,16,17,18,19). The van der Waals surface area contributed by atoms with E-state index in [2.05, 4.69) is 39.7 Å². The van der Waals surface area contributed by atoms with E-state index in [1.807, 2.05) is 12.1 Å². The molecule has 0 saturated heterocycles. The third-order valence-electron chi connectivity index (χ3n) is 3.62. The second-order valence-electron chi connectivity index (χ2n) is 5.29. The lowest BCUT2D eigenvalue weighted by atomic mass is 10.1. The van der Waals surface area contributed by atoms with Gasteiger partial charge in [0.1, 0.15) is 5.66 Å². The third kappa shape index (κ3) is 2.54. The van der Waals surface area contributed by atoms with Gasteiger partial charge >= 0.3 is 0 Å². The number of aryl methyl sites for hydroxylation is 1. The number of nitrogens with one attached hydrogen (secondary N) is 2. The predicted molar refractivity (Wildman–Crippen MR) is 78.2 cm³/mol. The fraction of sp³-hybridized carbons (Fsp3) is 0.429. The van der Waals surface area contributed by atoms with Gasteiger partial charge in [0.15, 0.2) is 0 Å². The molecule has 5 nitrogen and oxygen atoms in total. The van der Waals surface area contributed by atoms with E-state index in [1.54, 1.807) is 0 Å². The van der Waals surface area contributed by atoms with Crippen LogP contribution in [-0.4, -0.2) is 17.6 Å². The molecule has 100 valence electrons. The summed E-state index contributed by atoms with van der Waals surface area (Å²) < 4.78 is 0. The van der Waals surface area contributed by atoms with Crippen LogP contribution in [0.3, 0.4) is 0 Å². The second-order valence-corrected chi connectivity index (χ2v) is 5.29. The molecule has 1 aromatic carbocycles. The monoisotopic (exact) mass is 257 g/mol. The normalized spacial score (nSPS) is 20.7. The maximum Gasteiger partial charge on any atom is 0.220 e. The van der Waals surface area contributed by atoms with Gasteiger partial charge in [-0.2, -0.15) is 4.99 Å².